The predicted octanol–water partition coefficient (Wildman–Crippen LogP) is 10.4. The molecule has 0 unspecified atom stereocenters. The van der Waals surface area contributed by atoms with Gasteiger partial charge in [-0.05, 0) is 101 Å². The number of rotatable bonds is 4. The lowest BCUT2D eigenvalue weighted by Crippen LogP contribution is -2.08. The number of aryl methyl sites for hydroxylation is 3. The monoisotopic (exact) mass is 491 g/mol. The highest BCUT2D eigenvalue weighted by Crippen LogP contribution is 2.43. The van der Waals surface area contributed by atoms with Crippen LogP contribution in [0.1, 0.15) is 68.4 Å². The zero-order valence-electron chi connectivity index (χ0n) is 22.9. The summed E-state index contributed by atoms with van der Waals surface area (Å²) < 4.78 is 1.28. The van der Waals surface area contributed by atoms with E-state index < -0.39 is 0 Å². The van der Waals surface area contributed by atoms with E-state index >= 15 is 0 Å². The number of hydrogen-bond donors (Lipinski definition) is 0. The van der Waals surface area contributed by atoms with E-state index in [0.29, 0.717) is 11.3 Å². The standard InChI is InChI=1S/C34H37NS/c1-20(2)29-18-27(17-26-16-21(3)15-22(4)30(26)29)31-33-28(13-14-35-31)23(5)32(36-33)25-11-9-24(10-12-25)19-34(6,7)8/h9-18,20H,19H2,1-8H3. The summed E-state index contributed by atoms with van der Waals surface area (Å²) in [6.45, 7) is 18.2. The molecule has 2 heterocycles. The van der Waals surface area contributed by atoms with Gasteiger partial charge >= 0.3 is 0 Å². The fraction of sp³-hybridized carbons (Fsp3) is 0.324. The van der Waals surface area contributed by atoms with Gasteiger partial charge in [-0.15, -0.1) is 11.3 Å². The Hall–Kier alpha value is -2.97. The molecular formula is C34H37NS. The highest BCUT2D eigenvalue weighted by molar-refractivity contribution is 7.23. The van der Waals surface area contributed by atoms with E-state index in [4.69, 9.17) is 4.98 Å². The van der Waals surface area contributed by atoms with Crippen molar-refractivity contribution in [3.05, 3.63) is 88.6 Å². The minimum absolute atomic E-state index is 0.293. The Labute approximate surface area is 220 Å². The maximum atomic E-state index is 4.94. The van der Waals surface area contributed by atoms with Crippen LogP contribution < -0.4 is 0 Å². The predicted molar refractivity (Wildman–Crippen MR) is 159 cm³/mol. The summed E-state index contributed by atoms with van der Waals surface area (Å²) in [7, 11) is 0. The van der Waals surface area contributed by atoms with Gasteiger partial charge in [0.25, 0.3) is 0 Å². The van der Waals surface area contributed by atoms with Gasteiger partial charge in [-0.3, -0.25) is 4.98 Å². The first-order chi connectivity index (χ1) is 17.0. The first-order valence-electron chi connectivity index (χ1n) is 13.0. The molecule has 0 fully saturated rings. The van der Waals surface area contributed by atoms with Crippen LogP contribution in [0.2, 0.25) is 0 Å². The summed E-state index contributed by atoms with van der Waals surface area (Å²) in [5.74, 6) is 0.445. The molecule has 184 valence electrons. The second-order valence-electron chi connectivity index (χ2n) is 11.9. The van der Waals surface area contributed by atoms with Gasteiger partial charge in [0, 0.05) is 16.6 Å². The molecule has 1 nitrogen and oxygen atoms in total. The van der Waals surface area contributed by atoms with Gasteiger partial charge < -0.3 is 0 Å². The molecule has 0 saturated heterocycles. The first kappa shape index (κ1) is 24.7. The number of hydrogen-bond acceptors (Lipinski definition) is 2. The van der Waals surface area contributed by atoms with E-state index in [1.165, 1.54) is 64.7 Å². The van der Waals surface area contributed by atoms with Crippen LogP contribution in [0.15, 0.2) is 60.8 Å². The first-order valence-corrected chi connectivity index (χ1v) is 13.9. The SMILES string of the molecule is Cc1cc(C)c2c(C(C)C)cc(-c3nccc4c(C)c(-c5ccc(CC(C)(C)C)cc5)sc34)cc2c1. The molecule has 36 heavy (non-hydrogen) atoms. The van der Waals surface area contributed by atoms with Crippen LogP contribution in [0.5, 0.6) is 0 Å². The normalized spacial score (nSPS) is 12.2. The third kappa shape index (κ3) is 4.60. The average Bonchev–Trinajstić information content (AvgIpc) is 3.14. The van der Waals surface area contributed by atoms with Crippen molar-refractivity contribution >= 4 is 32.2 Å². The van der Waals surface area contributed by atoms with Gasteiger partial charge in [-0.25, -0.2) is 0 Å². The quantitative estimate of drug-likeness (QED) is 0.244. The van der Waals surface area contributed by atoms with E-state index in [0.717, 1.165) is 12.1 Å². The molecule has 0 spiro atoms. The number of thiophene rings is 1. The Morgan fingerprint density at radius 1 is 0.861 bits per heavy atom. The number of benzene rings is 3. The van der Waals surface area contributed by atoms with Crippen LogP contribution in [-0.2, 0) is 6.42 Å². The maximum absolute atomic E-state index is 4.94. The second-order valence-corrected chi connectivity index (χ2v) is 12.9. The Morgan fingerprint density at radius 3 is 2.25 bits per heavy atom. The van der Waals surface area contributed by atoms with E-state index in [-0.39, 0.29) is 0 Å². The molecule has 2 aromatic heterocycles. The van der Waals surface area contributed by atoms with Gasteiger partial charge in [-0.1, -0.05) is 76.6 Å². The van der Waals surface area contributed by atoms with E-state index in [2.05, 4.69) is 110 Å². The Morgan fingerprint density at radius 2 is 1.58 bits per heavy atom. The molecule has 0 N–H and O–H groups in total. The van der Waals surface area contributed by atoms with Crippen LogP contribution in [0.25, 0.3) is 42.6 Å². The fourth-order valence-corrected chi connectivity index (χ4v) is 6.88. The van der Waals surface area contributed by atoms with Gasteiger partial charge in [0.15, 0.2) is 0 Å². The summed E-state index contributed by atoms with van der Waals surface area (Å²) in [4.78, 5) is 6.29. The van der Waals surface area contributed by atoms with Crippen molar-refractivity contribution in [2.45, 2.75) is 67.7 Å². The molecule has 0 atom stereocenters. The van der Waals surface area contributed by atoms with Crippen LogP contribution in [0.4, 0.5) is 0 Å². The van der Waals surface area contributed by atoms with Crippen molar-refractivity contribution in [1.82, 2.24) is 4.98 Å². The summed E-state index contributed by atoms with van der Waals surface area (Å²) in [5, 5.41) is 4.02. The number of pyridine rings is 1. The molecular weight excluding hydrogens is 454 g/mol. The molecule has 0 saturated carbocycles. The van der Waals surface area contributed by atoms with Gasteiger partial charge in [-0.2, -0.15) is 0 Å². The smallest absolute Gasteiger partial charge is 0.0880 e. The Balaban J connectivity index is 1.66. The highest BCUT2D eigenvalue weighted by atomic mass is 32.1. The molecule has 0 radical (unpaired) electrons. The Bertz CT molecular complexity index is 1580. The number of nitrogens with zero attached hydrogens (tertiary/aromatic N) is 1. The molecule has 5 aromatic rings. The summed E-state index contributed by atoms with van der Waals surface area (Å²) >= 11 is 1.88. The molecule has 0 amide bonds. The van der Waals surface area contributed by atoms with Crippen molar-refractivity contribution in [3.63, 3.8) is 0 Å². The summed E-state index contributed by atoms with van der Waals surface area (Å²) in [6, 6.07) is 20.7. The third-order valence-electron chi connectivity index (χ3n) is 7.12. The zero-order valence-corrected chi connectivity index (χ0v) is 23.7. The van der Waals surface area contributed by atoms with E-state index in [1.54, 1.807) is 0 Å². The zero-order chi connectivity index (χ0) is 25.8. The Kier molecular flexibility index (Phi) is 6.29. The highest BCUT2D eigenvalue weighted by Gasteiger charge is 2.18. The largest absolute Gasteiger partial charge is 0.255 e. The van der Waals surface area contributed by atoms with Crippen molar-refractivity contribution in [2.24, 2.45) is 5.41 Å². The van der Waals surface area contributed by atoms with Crippen molar-refractivity contribution < 1.29 is 0 Å². The molecule has 0 bridgehead atoms. The van der Waals surface area contributed by atoms with Crippen LogP contribution in [0, 0.1) is 26.2 Å². The van der Waals surface area contributed by atoms with Crippen LogP contribution in [0.3, 0.4) is 0 Å². The number of fused-ring (bicyclic) bond motifs is 2. The third-order valence-corrected chi connectivity index (χ3v) is 8.48. The lowest BCUT2D eigenvalue weighted by atomic mass is 9.88. The average molecular weight is 492 g/mol. The van der Waals surface area contributed by atoms with E-state index in [9.17, 15) is 0 Å². The van der Waals surface area contributed by atoms with Gasteiger partial charge in [0.05, 0.1) is 10.4 Å². The molecule has 3 aromatic carbocycles. The van der Waals surface area contributed by atoms with Crippen LogP contribution >= 0.6 is 11.3 Å². The minimum Gasteiger partial charge on any atom is -0.255 e. The molecule has 0 aliphatic carbocycles. The van der Waals surface area contributed by atoms with Gasteiger partial charge in [0.2, 0.25) is 0 Å². The molecule has 2 heteroatoms. The molecule has 0 aliphatic heterocycles. The fourth-order valence-electron chi connectivity index (χ4n) is 5.56. The van der Waals surface area contributed by atoms with Crippen molar-refractivity contribution in [2.75, 3.05) is 0 Å². The molecule has 0 aliphatic rings. The number of aromatic nitrogens is 1. The summed E-state index contributed by atoms with van der Waals surface area (Å²) in [6.07, 6.45) is 3.07. The maximum Gasteiger partial charge on any atom is 0.0880 e. The topological polar surface area (TPSA) is 12.9 Å². The van der Waals surface area contributed by atoms with Crippen molar-refractivity contribution in [1.29, 1.82) is 0 Å². The second kappa shape index (κ2) is 9.16. The summed E-state index contributed by atoms with van der Waals surface area (Å²) in [5.41, 5.74) is 10.7. The van der Waals surface area contributed by atoms with Crippen LogP contribution in [-0.4, -0.2) is 4.98 Å². The lowest BCUT2D eigenvalue weighted by Gasteiger charge is -2.18. The lowest BCUT2D eigenvalue weighted by molar-refractivity contribution is 0.411. The van der Waals surface area contributed by atoms with Gasteiger partial charge in [0.1, 0.15) is 0 Å². The minimum atomic E-state index is 0.293. The molecule has 5 rings (SSSR count). The van der Waals surface area contributed by atoms with Crippen molar-refractivity contribution in [3.8, 4) is 21.7 Å². The van der Waals surface area contributed by atoms with E-state index in [1.807, 2.05) is 17.5 Å².